The third-order valence-electron chi connectivity index (χ3n) is 5.94. The second kappa shape index (κ2) is 4.39. The molecule has 1 saturated heterocycles. The number of ether oxygens (including phenoxy) is 1. The first-order chi connectivity index (χ1) is 9.74. The van der Waals surface area contributed by atoms with Gasteiger partial charge in [-0.15, -0.1) is 0 Å². The molecule has 1 aliphatic heterocycles. The average Bonchev–Trinajstić information content (AvgIpc) is 2.48. The molecule has 2 aliphatic carbocycles. The van der Waals surface area contributed by atoms with Gasteiger partial charge in [-0.05, 0) is 61.4 Å². The maximum Gasteiger partial charge on any atom is 0.160 e. The number of nitrogens with one attached hydrogen (secondary N) is 1. The molecule has 1 aromatic carbocycles. The smallest absolute Gasteiger partial charge is 0.160 e. The second-order valence-corrected chi connectivity index (χ2v) is 6.70. The Morgan fingerprint density at radius 2 is 2.20 bits per heavy atom. The Bertz CT molecular complexity index is 538. The Hall–Kier alpha value is -1.22. The predicted molar refractivity (Wildman–Crippen MR) is 78.4 cm³/mol. The number of methoxy groups -OCH3 is 1. The van der Waals surface area contributed by atoms with Crippen molar-refractivity contribution in [2.24, 2.45) is 5.92 Å². The lowest BCUT2D eigenvalue weighted by molar-refractivity contribution is 0.0793. The molecule has 20 heavy (non-hydrogen) atoms. The minimum atomic E-state index is 0.307. The lowest BCUT2D eigenvalue weighted by Gasteiger charge is -2.56. The van der Waals surface area contributed by atoms with Crippen molar-refractivity contribution in [1.29, 1.82) is 0 Å². The minimum absolute atomic E-state index is 0.307. The molecule has 4 rings (SSSR count). The van der Waals surface area contributed by atoms with Crippen molar-refractivity contribution >= 4 is 0 Å². The van der Waals surface area contributed by atoms with Gasteiger partial charge in [0.2, 0.25) is 0 Å². The lowest BCUT2D eigenvalue weighted by Crippen LogP contribution is -2.59. The molecular weight excluding hydrogens is 250 g/mol. The number of aromatic hydroxyl groups is 1. The van der Waals surface area contributed by atoms with Crippen molar-refractivity contribution in [2.45, 2.75) is 50.0 Å². The first-order valence-electron chi connectivity index (χ1n) is 7.88. The van der Waals surface area contributed by atoms with E-state index in [1.807, 2.05) is 6.07 Å². The fourth-order valence-corrected chi connectivity index (χ4v) is 5.11. The van der Waals surface area contributed by atoms with Crippen LogP contribution >= 0.6 is 0 Å². The predicted octanol–water partition coefficient (Wildman–Crippen LogP) is 2.75. The van der Waals surface area contributed by atoms with Crippen molar-refractivity contribution in [1.82, 2.24) is 5.32 Å². The van der Waals surface area contributed by atoms with E-state index in [0.717, 1.165) is 18.9 Å². The first-order valence-corrected chi connectivity index (χ1v) is 7.88. The van der Waals surface area contributed by atoms with Gasteiger partial charge in [-0.1, -0.05) is 12.8 Å². The molecule has 1 saturated carbocycles. The van der Waals surface area contributed by atoms with Gasteiger partial charge in [-0.3, -0.25) is 0 Å². The topological polar surface area (TPSA) is 41.5 Å². The van der Waals surface area contributed by atoms with Gasteiger partial charge in [-0.2, -0.15) is 0 Å². The van der Waals surface area contributed by atoms with E-state index in [0.29, 0.717) is 23.0 Å². The summed E-state index contributed by atoms with van der Waals surface area (Å²) in [6.45, 7) is 1.12. The Labute approximate surface area is 120 Å². The Morgan fingerprint density at radius 3 is 3.05 bits per heavy atom. The summed E-state index contributed by atoms with van der Waals surface area (Å²) in [5.41, 5.74) is 3.11. The van der Waals surface area contributed by atoms with Gasteiger partial charge in [0.1, 0.15) is 0 Å². The molecule has 0 aromatic heterocycles. The van der Waals surface area contributed by atoms with E-state index in [1.165, 1.54) is 43.2 Å². The van der Waals surface area contributed by atoms with Crippen LogP contribution in [0.15, 0.2) is 12.1 Å². The molecule has 3 heteroatoms. The molecular formula is C17H23NO2. The minimum Gasteiger partial charge on any atom is -0.504 e. The zero-order valence-electron chi connectivity index (χ0n) is 12.1. The molecule has 3 aliphatic rings. The van der Waals surface area contributed by atoms with Gasteiger partial charge in [0.25, 0.3) is 0 Å². The van der Waals surface area contributed by atoms with E-state index in [2.05, 4.69) is 11.4 Å². The molecule has 1 heterocycles. The number of hydrogen-bond donors (Lipinski definition) is 2. The molecule has 3 nitrogen and oxygen atoms in total. The Balaban J connectivity index is 1.89. The van der Waals surface area contributed by atoms with E-state index >= 15 is 0 Å². The fraction of sp³-hybridized carbons (Fsp3) is 0.647. The van der Waals surface area contributed by atoms with Crippen LogP contribution in [-0.4, -0.2) is 24.8 Å². The molecule has 0 amide bonds. The van der Waals surface area contributed by atoms with E-state index < -0.39 is 0 Å². The van der Waals surface area contributed by atoms with Gasteiger partial charge in [0.05, 0.1) is 7.11 Å². The van der Waals surface area contributed by atoms with Crippen LogP contribution in [0, 0.1) is 5.92 Å². The quantitative estimate of drug-likeness (QED) is 0.826. The molecule has 0 radical (unpaired) electrons. The molecule has 3 unspecified atom stereocenters. The number of phenolic OH excluding ortho intramolecular Hbond substituents is 1. The molecule has 108 valence electrons. The van der Waals surface area contributed by atoms with Crippen molar-refractivity contribution in [3.05, 3.63) is 23.3 Å². The normalized spacial score (nSPS) is 35.0. The number of piperidine rings is 1. The summed E-state index contributed by atoms with van der Waals surface area (Å²) in [7, 11) is 1.63. The summed E-state index contributed by atoms with van der Waals surface area (Å²) in [5, 5.41) is 13.9. The van der Waals surface area contributed by atoms with Gasteiger partial charge < -0.3 is 15.2 Å². The SMILES string of the molecule is COc1cc2c(cc1O)C13CCCCC1C(C2)NCC3. The van der Waals surface area contributed by atoms with E-state index in [1.54, 1.807) is 7.11 Å². The number of rotatable bonds is 1. The van der Waals surface area contributed by atoms with E-state index in [4.69, 9.17) is 4.74 Å². The second-order valence-electron chi connectivity index (χ2n) is 6.70. The first kappa shape index (κ1) is 12.5. The highest BCUT2D eigenvalue weighted by atomic mass is 16.5. The number of fused-ring (bicyclic) bond motifs is 1. The largest absolute Gasteiger partial charge is 0.504 e. The highest BCUT2D eigenvalue weighted by Gasteiger charge is 2.51. The summed E-state index contributed by atoms with van der Waals surface area (Å²) < 4.78 is 5.30. The Morgan fingerprint density at radius 1 is 1.30 bits per heavy atom. The third-order valence-corrected chi connectivity index (χ3v) is 5.94. The highest BCUT2D eigenvalue weighted by molar-refractivity contribution is 5.52. The summed E-state index contributed by atoms with van der Waals surface area (Å²) in [6.07, 6.45) is 7.61. The number of benzene rings is 1. The van der Waals surface area contributed by atoms with Crippen LogP contribution in [-0.2, 0) is 11.8 Å². The monoisotopic (exact) mass is 273 g/mol. The van der Waals surface area contributed by atoms with Crippen LogP contribution in [0.1, 0.15) is 43.2 Å². The molecule has 0 spiro atoms. The van der Waals surface area contributed by atoms with Gasteiger partial charge in [-0.25, -0.2) is 0 Å². The summed E-state index contributed by atoms with van der Waals surface area (Å²) in [4.78, 5) is 0. The summed E-state index contributed by atoms with van der Waals surface area (Å²) >= 11 is 0. The fourth-order valence-electron chi connectivity index (χ4n) is 5.11. The van der Waals surface area contributed by atoms with E-state index in [9.17, 15) is 5.11 Å². The van der Waals surface area contributed by atoms with Crippen LogP contribution in [0.4, 0.5) is 0 Å². The van der Waals surface area contributed by atoms with Gasteiger partial charge in [0.15, 0.2) is 11.5 Å². The summed E-state index contributed by atoms with van der Waals surface area (Å²) in [6, 6.07) is 4.69. The van der Waals surface area contributed by atoms with Gasteiger partial charge >= 0.3 is 0 Å². The van der Waals surface area contributed by atoms with Crippen LogP contribution < -0.4 is 10.1 Å². The highest BCUT2D eigenvalue weighted by Crippen LogP contribution is 2.55. The van der Waals surface area contributed by atoms with Gasteiger partial charge in [0, 0.05) is 11.5 Å². The average molecular weight is 273 g/mol. The molecule has 2 fully saturated rings. The maximum absolute atomic E-state index is 10.2. The molecule has 2 N–H and O–H groups in total. The number of phenols is 1. The van der Waals surface area contributed by atoms with E-state index in [-0.39, 0.29) is 0 Å². The molecule has 1 aromatic rings. The maximum atomic E-state index is 10.2. The zero-order chi connectivity index (χ0) is 13.7. The molecule has 2 bridgehead atoms. The van der Waals surface area contributed by atoms with Crippen LogP contribution in [0.3, 0.4) is 0 Å². The molecule has 3 atom stereocenters. The zero-order valence-corrected chi connectivity index (χ0v) is 12.1. The number of hydrogen-bond acceptors (Lipinski definition) is 3. The third kappa shape index (κ3) is 1.56. The van der Waals surface area contributed by atoms with Crippen molar-refractivity contribution in [3.63, 3.8) is 0 Å². The standard InChI is InChI=1S/C17H23NO2/c1-20-16-9-11-8-14-12-4-2-3-5-17(12,6-7-18-14)13(11)10-15(16)19/h9-10,12,14,18-19H,2-8H2,1H3. The Kier molecular flexibility index (Phi) is 2.75. The lowest BCUT2D eigenvalue weighted by atomic mass is 9.53. The van der Waals surface area contributed by atoms with Crippen molar-refractivity contribution in [2.75, 3.05) is 13.7 Å². The van der Waals surface area contributed by atoms with Crippen LogP contribution in [0.2, 0.25) is 0 Å². The van der Waals surface area contributed by atoms with Crippen LogP contribution in [0.5, 0.6) is 11.5 Å². The van der Waals surface area contributed by atoms with Crippen molar-refractivity contribution in [3.8, 4) is 11.5 Å². The van der Waals surface area contributed by atoms with Crippen LogP contribution in [0.25, 0.3) is 0 Å². The summed E-state index contributed by atoms with van der Waals surface area (Å²) in [5.74, 6) is 1.68. The van der Waals surface area contributed by atoms with Crippen molar-refractivity contribution < 1.29 is 9.84 Å².